The van der Waals surface area contributed by atoms with Crippen molar-refractivity contribution in [1.29, 1.82) is 0 Å². The van der Waals surface area contributed by atoms with Gasteiger partial charge in [-0.3, -0.25) is 0 Å². The van der Waals surface area contributed by atoms with Crippen molar-refractivity contribution in [2.24, 2.45) is 0 Å². The van der Waals surface area contributed by atoms with Crippen LogP contribution in [0, 0.1) is 0 Å². The average Bonchev–Trinajstić information content (AvgIpc) is 2.16. The topological polar surface area (TPSA) is 43.4 Å². The number of para-hydroxylation sites is 1. The Balaban J connectivity index is 3.41. The molecule has 3 nitrogen and oxygen atoms in total. The van der Waals surface area contributed by atoms with E-state index in [1.165, 1.54) is 19.2 Å². The van der Waals surface area contributed by atoms with Crippen LogP contribution in [0.1, 0.15) is 9.67 Å². The van der Waals surface area contributed by atoms with Crippen molar-refractivity contribution in [3.8, 4) is 5.75 Å². The first-order valence-corrected chi connectivity index (χ1v) is 6.79. The van der Waals surface area contributed by atoms with Crippen LogP contribution < -0.4 is 9.20 Å². The Morgan fingerprint density at radius 1 is 1.62 bits per heavy atom. The van der Waals surface area contributed by atoms with E-state index in [0.717, 1.165) is 6.92 Å². The van der Waals surface area contributed by atoms with Crippen LogP contribution >= 0.6 is 0 Å². The van der Waals surface area contributed by atoms with Gasteiger partial charge < -0.3 is 0 Å². The van der Waals surface area contributed by atoms with Crippen LogP contribution in [0.25, 0.3) is 0 Å². The first-order chi connectivity index (χ1) is 6.80. The van der Waals surface area contributed by atoms with Crippen LogP contribution in [0.3, 0.4) is 0 Å². The van der Waals surface area contributed by atoms with Gasteiger partial charge in [0.05, 0.1) is 0 Å². The van der Waals surface area contributed by atoms with E-state index in [1.807, 2.05) is 0 Å². The summed E-state index contributed by atoms with van der Waals surface area (Å²) in [6.07, 6.45) is 0. The molecule has 72 valence electrons. The first-order valence-electron chi connectivity index (χ1n) is 4.68. The zero-order valence-corrected chi connectivity index (χ0v) is 9.16. The maximum atomic E-state index is 11.9. The average molecular weight is 249 g/mol. The number of rotatable bonds is 3. The molecular weight excluding hydrogens is 236 g/mol. The zero-order valence-electron chi connectivity index (χ0n) is 9.44. The van der Waals surface area contributed by atoms with Crippen molar-refractivity contribution in [1.82, 2.24) is 0 Å². The van der Waals surface area contributed by atoms with Crippen molar-refractivity contribution in [3.63, 3.8) is 0 Å². The molecule has 1 aromatic carbocycles. The normalized spacial score (nSPS) is 18.3. The van der Waals surface area contributed by atoms with Gasteiger partial charge in [0.15, 0.2) is 0 Å². The van der Waals surface area contributed by atoms with Crippen LogP contribution in [0.4, 0.5) is 0 Å². The molecule has 0 spiro atoms. The Hall–Kier alpha value is -0.861. The van der Waals surface area contributed by atoms with Crippen molar-refractivity contribution in [3.05, 3.63) is 24.3 Å². The number of hydrogen-bond acceptors (Lipinski definition) is 3. The second kappa shape index (κ2) is 3.90. The first kappa shape index (κ1) is 7.53. The molecule has 0 aliphatic carbocycles. The third-order valence-electron chi connectivity index (χ3n) is 1.63. The van der Waals surface area contributed by atoms with E-state index in [9.17, 15) is 7.67 Å². The van der Waals surface area contributed by atoms with Crippen LogP contribution in [-0.4, -0.2) is 19.8 Å². The van der Waals surface area contributed by atoms with E-state index in [-0.39, 0.29) is 10.2 Å². The monoisotopic (exact) mass is 250 g/mol. The van der Waals surface area contributed by atoms with Crippen LogP contribution in [0.5, 0.6) is 5.75 Å². The third-order valence-corrected chi connectivity index (χ3v) is 4.68. The second-order valence-corrected chi connectivity index (χ2v) is 6.25. The molecule has 0 N–H and O–H groups in total. The molecule has 0 unspecified atom stereocenters. The fraction of sp³-hybridized carbons (Fsp3) is 0.333. The maximum absolute atomic E-state index is 11.9. The van der Waals surface area contributed by atoms with Gasteiger partial charge in [0, 0.05) is 0 Å². The van der Waals surface area contributed by atoms with Gasteiger partial charge in [-0.1, -0.05) is 0 Å². The molecule has 0 aliphatic heterocycles. The molecule has 0 saturated carbocycles. The molecule has 0 aliphatic rings. The summed E-state index contributed by atoms with van der Waals surface area (Å²) >= 11 is -4.83. The van der Waals surface area contributed by atoms with E-state index in [1.54, 1.807) is 12.1 Å². The molecule has 1 rings (SSSR count). The summed E-state index contributed by atoms with van der Waals surface area (Å²) in [4.78, 5) is 0. The molecule has 0 amide bonds. The van der Waals surface area contributed by atoms with E-state index in [2.05, 4.69) is 0 Å². The van der Waals surface area contributed by atoms with Crippen molar-refractivity contribution in [2.75, 3.05) is 7.11 Å². The van der Waals surface area contributed by atoms with Gasteiger partial charge in [0.2, 0.25) is 0 Å². The molecule has 0 fully saturated rings. The van der Waals surface area contributed by atoms with E-state index in [4.69, 9.17) is 7.48 Å². The number of hydrogen-bond donors (Lipinski definition) is 0. The summed E-state index contributed by atoms with van der Waals surface area (Å²) in [6, 6.07) is 6.05. The van der Waals surface area contributed by atoms with Gasteiger partial charge in [-0.15, -0.1) is 0 Å². The minimum atomic E-state index is -4.83. The molecule has 13 heavy (non-hydrogen) atoms. The van der Waals surface area contributed by atoms with E-state index < -0.39 is 18.0 Å². The summed E-state index contributed by atoms with van der Waals surface area (Å²) in [5.74, 6) is 0.188. The summed E-state index contributed by atoms with van der Waals surface area (Å²) in [7, 11) is 1.36. The second-order valence-electron chi connectivity index (χ2n) is 2.36. The fourth-order valence-corrected chi connectivity index (χ4v) is 2.83. The molecule has 0 bridgehead atoms. The molecule has 0 aromatic heterocycles. The van der Waals surface area contributed by atoms with Gasteiger partial charge >= 0.3 is 81.6 Å². The predicted molar refractivity (Wildman–Crippen MR) is 50.2 cm³/mol. The van der Waals surface area contributed by atoms with Crippen molar-refractivity contribution < 1.29 is 15.1 Å². The van der Waals surface area contributed by atoms with Gasteiger partial charge in [0.1, 0.15) is 0 Å². The fourth-order valence-electron chi connectivity index (χ4n) is 0.951. The predicted octanol–water partition coefficient (Wildman–Crippen LogP) is 1.23. The van der Waals surface area contributed by atoms with Gasteiger partial charge in [-0.05, 0) is 0 Å². The SMILES string of the molecule is [1H][13C@]([2H])(C)[Se](=O)(=O)c1ccccc1OC. The summed E-state index contributed by atoms with van der Waals surface area (Å²) < 4.78 is 43.1. The Morgan fingerprint density at radius 3 is 2.77 bits per heavy atom. The minimum absolute atomic E-state index is 0.0521. The van der Waals surface area contributed by atoms with E-state index in [0.29, 0.717) is 0 Å². The molecule has 1 atom stereocenters. The van der Waals surface area contributed by atoms with Crippen LogP contribution in [0.15, 0.2) is 24.3 Å². The molecule has 4 heteroatoms. The van der Waals surface area contributed by atoms with Gasteiger partial charge in [-0.25, -0.2) is 0 Å². The Morgan fingerprint density at radius 2 is 2.23 bits per heavy atom. The molecule has 0 radical (unpaired) electrons. The molecule has 1 aromatic rings. The standard InChI is InChI=1S/C9H12O3Se/c1-3-13(10,11)9-7-5-4-6-8(9)12-2/h4-7H,3H2,1-2H3/i3+1DH/t3-/m0/s1. The zero-order chi connectivity index (χ0) is 11.7. The van der Waals surface area contributed by atoms with Gasteiger partial charge in [-0.2, -0.15) is 0 Å². The van der Waals surface area contributed by atoms with Crippen LogP contribution in [0.2, 0.25) is 5.27 Å². The Bertz CT molecular complexity index is 449. The molecule has 0 heterocycles. The van der Waals surface area contributed by atoms with E-state index >= 15 is 0 Å². The number of benzene rings is 1. The Kier molecular flexibility index (Phi) is 2.26. The summed E-state index contributed by atoms with van der Waals surface area (Å²) in [5, 5.41) is -2.24. The van der Waals surface area contributed by atoms with Crippen molar-refractivity contribution in [2.45, 2.75) is 12.2 Å². The number of methoxy groups -OCH3 is 1. The summed E-state index contributed by atoms with van der Waals surface area (Å²) in [5.41, 5.74) is 0. The summed E-state index contributed by atoms with van der Waals surface area (Å²) in [6.45, 7) is 1.04. The molecule has 0 saturated heterocycles. The van der Waals surface area contributed by atoms with Gasteiger partial charge in [0.25, 0.3) is 0 Å². The van der Waals surface area contributed by atoms with Crippen LogP contribution in [-0.2, 0) is 7.67 Å². The van der Waals surface area contributed by atoms with Crippen molar-refractivity contribution >= 4 is 17.2 Å². The third kappa shape index (κ3) is 2.08. The number of ether oxygens (including phenoxy) is 1. The quantitative estimate of drug-likeness (QED) is 0.597. The Labute approximate surface area is 82.2 Å². The molecular formula is C9H12O3Se.